The van der Waals surface area contributed by atoms with E-state index in [9.17, 15) is 9.59 Å². The molecule has 0 spiro atoms. The van der Waals surface area contributed by atoms with Gasteiger partial charge in [-0.1, -0.05) is 38.1 Å². The van der Waals surface area contributed by atoms with Crippen LogP contribution in [-0.4, -0.2) is 32.2 Å². The van der Waals surface area contributed by atoms with E-state index >= 15 is 0 Å². The Hall–Kier alpha value is -3.54. The number of esters is 1. The predicted molar refractivity (Wildman–Crippen MR) is 114 cm³/mol. The zero-order valence-corrected chi connectivity index (χ0v) is 17.2. The fraction of sp³-hybridized carbons (Fsp3) is 0.250. The van der Waals surface area contributed by atoms with Crippen molar-refractivity contribution in [3.05, 3.63) is 71.4 Å². The van der Waals surface area contributed by atoms with Crippen LogP contribution in [0.3, 0.4) is 0 Å². The molecule has 0 unspecified atom stereocenters. The van der Waals surface area contributed by atoms with Gasteiger partial charge in [-0.25, -0.2) is 4.79 Å². The van der Waals surface area contributed by atoms with Gasteiger partial charge < -0.3 is 19.1 Å². The summed E-state index contributed by atoms with van der Waals surface area (Å²) in [6.07, 6.45) is 4.46. The maximum absolute atomic E-state index is 12.5. The molecule has 2 heterocycles. The monoisotopic (exact) mass is 405 g/mol. The molecule has 0 radical (unpaired) electrons. The molecule has 0 aromatic heterocycles. The van der Waals surface area contributed by atoms with Gasteiger partial charge in [-0.2, -0.15) is 0 Å². The van der Waals surface area contributed by atoms with Gasteiger partial charge in [-0.3, -0.25) is 4.79 Å². The van der Waals surface area contributed by atoms with Gasteiger partial charge in [0.05, 0.1) is 0 Å². The highest BCUT2D eigenvalue weighted by molar-refractivity contribution is 5.96. The second-order valence-electron chi connectivity index (χ2n) is 7.75. The molecule has 0 saturated carbocycles. The Morgan fingerprint density at radius 1 is 1.13 bits per heavy atom. The largest absolute Gasteiger partial charge is 0.454 e. The number of ketones is 1. The summed E-state index contributed by atoms with van der Waals surface area (Å²) in [5, 5.41) is 0. The van der Waals surface area contributed by atoms with Crippen LogP contribution in [0, 0.1) is 0 Å². The van der Waals surface area contributed by atoms with E-state index in [1.165, 1.54) is 6.08 Å². The molecule has 2 aromatic carbocycles. The van der Waals surface area contributed by atoms with Gasteiger partial charge in [0.25, 0.3) is 0 Å². The molecule has 0 aliphatic carbocycles. The molecule has 0 amide bonds. The third kappa shape index (κ3) is 3.68. The number of fused-ring (bicyclic) bond motifs is 2. The lowest BCUT2D eigenvalue weighted by atomic mass is 9.83. The zero-order chi connectivity index (χ0) is 21.3. The van der Waals surface area contributed by atoms with Crippen LogP contribution >= 0.6 is 0 Å². The molecular formula is C24H23NO5. The molecule has 30 heavy (non-hydrogen) atoms. The predicted octanol–water partition coefficient (Wildman–Crippen LogP) is 3.85. The van der Waals surface area contributed by atoms with E-state index in [0.717, 1.165) is 22.5 Å². The van der Waals surface area contributed by atoms with E-state index in [2.05, 4.69) is 19.9 Å². The standard InChI is InChI=1S/C24H23NO5/c1-24(2)18-6-4-5-7-19(18)25(3)22(24)13-17(26)14-28-23(27)11-9-16-8-10-20-21(12-16)30-15-29-20/h4-13H,14-15H2,1-3H3. The summed E-state index contributed by atoms with van der Waals surface area (Å²) < 4.78 is 15.7. The van der Waals surface area contributed by atoms with E-state index in [4.69, 9.17) is 14.2 Å². The third-order valence-corrected chi connectivity index (χ3v) is 5.40. The van der Waals surface area contributed by atoms with Gasteiger partial charge in [0.15, 0.2) is 23.9 Å². The summed E-state index contributed by atoms with van der Waals surface area (Å²) in [4.78, 5) is 26.5. The number of hydrogen-bond acceptors (Lipinski definition) is 6. The number of allylic oxidation sites excluding steroid dienone is 1. The molecule has 0 saturated heterocycles. The van der Waals surface area contributed by atoms with Gasteiger partial charge >= 0.3 is 5.97 Å². The summed E-state index contributed by atoms with van der Waals surface area (Å²) in [5.41, 5.74) is 3.59. The van der Waals surface area contributed by atoms with E-state index in [1.54, 1.807) is 24.3 Å². The van der Waals surface area contributed by atoms with Gasteiger partial charge in [0.2, 0.25) is 6.79 Å². The van der Waals surface area contributed by atoms with Crippen LogP contribution in [0.25, 0.3) is 6.08 Å². The van der Waals surface area contributed by atoms with E-state index in [1.807, 2.05) is 36.2 Å². The first-order valence-electron chi connectivity index (χ1n) is 9.69. The first kappa shape index (κ1) is 19.8. The lowest BCUT2D eigenvalue weighted by Gasteiger charge is -2.23. The third-order valence-electron chi connectivity index (χ3n) is 5.40. The molecule has 0 N–H and O–H groups in total. The van der Waals surface area contributed by atoms with E-state index < -0.39 is 5.97 Å². The molecule has 154 valence electrons. The molecule has 2 aliphatic heterocycles. The summed E-state index contributed by atoms with van der Waals surface area (Å²) in [6, 6.07) is 13.4. The molecular weight excluding hydrogens is 382 g/mol. The fourth-order valence-electron chi connectivity index (χ4n) is 3.82. The molecule has 6 nitrogen and oxygen atoms in total. The van der Waals surface area contributed by atoms with Crippen molar-refractivity contribution in [3.8, 4) is 11.5 Å². The van der Waals surface area contributed by atoms with Gasteiger partial charge in [0, 0.05) is 36.0 Å². The highest BCUT2D eigenvalue weighted by Crippen LogP contribution is 2.46. The summed E-state index contributed by atoms with van der Waals surface area (Å²) in [5.74, 6) is 0.469. The van der Waals surface area contributed by atoms with Crippen molar-refractivity contribution in [3.63, 3.8) is 0 Å². The topological polar surface area (TPSA) is 65.1 Å². The Morgan fingerprint density at radius 2 is 1.90 bits per heavy atom. The minimum Gasteiger partial charge on any atom is -0.454 e. The lowest BCUT2D eigenvalue weighted by Crippen LogP contribution is -2.25. The molecule has 0 fully saturated rings. The molecule has 6 heteroatoms. The van der Waals surface area contributed by atoms with Crippen molar-refractivity contribution in [2.75, 3.05) is 25.3 Å². The second kappa shape index (κ2) is 7.71. The number of carbonyl (C=O) groups is 2. The number of anilines is 1. The van der Waals surface area contributed by atoms with Crippen LogP contribution in [-0.2, 0) is 19.7 Å². The average molecular weight is 405 g/mol. The summed E-state index contributed by atoms with van der Waals surface area (Å²) in [7, 11) is 1.94. The first-order chi connectivity index (χ1) is 14.4. The number of hydrogen-bond donors (Lipinski definition) is 0. The Balaban J connectivity index is 1.37. The number of para-hydroxylation sites is 1. The number of carbonyl (C=O) groups excluding carboxylic acids is 2. The summed E-state index contributed by atoms with van der Waals surface area (Å²) in [6.45, 7) is 4.04. The van der Waals surface area contributed by atoms with Gasteiger partial charge in [-0.15, -0.1) is 0 Å². The normalized spacial score (nSPS) is 17.4. The van der Waals surface area contributed by atoms with Gasteiger partial charge in [0.1, 0.15) is 0 Å². The highest BCUT2D eigenvalue weighted by Gasteiger charge is 2.38. The van der Waals surface area contributed by atoms with Crippen molar-refractivity contribution in [2.24, 2.45) is 0 Å². The first-order valence-corrected chi connectivity index (χ1v) is 9.69. The molecule has 2 aromatic rings. The Kier molecular flexibility index (Phi) is 5.08. The number of benzene rings is 2. The van der Waals surface area contributed by atoms with Crippen LogP contribution in [0.1, 0.15) is 25.0 Å². The van der Waals surface area contributed by atoms with Crippen LogP contribution in [0.15, 0.2) is 60.3 Å². The second-order valence-corrected chi connectivity index (χ2v) is 7.75. The van der Waals surface area contributed by atoms with Crippen molar-refractivity contribution in [2.45, 2.75) is 19.3 Å². The van der Waals surface area contributed by atoms with Crippen LogP contribution < -0.4 is 14.4 Å². The van der Waals surface area contributed by atoms with E-state index in [-0.39, 0.29) is 24.6 Å². The molecule has 2 aliphatic rings. The lowest BCUT2D eigenvalue weighted by molar-refractivity contribution is -0.141. The highest BCUT2D eigenvalue weighted by atomic mass is 16.7. The minimum atomic E-state index is -0.582. The fourth-order valence-corrected chi connectivity index (χ4v) is 3.82. The maximum Gasteiger partial charge on any atom is 0.331 e. The molecule has 0 atom stereocenters. The van der Waals surface area contributed by atoms with Crippen molar-refractivity contribution < 1.29 is 23.8 Å². The minimum absolute atomic E-state index is 0.194. The molecule has 4 rings (SSSR count). The number of ether oxygens (including phenoxy) is 3. The zero-order valence-electron chi connectivity index (χ0n) is 17.2. The summed E-state index contributed by atoms with van der Waals surface area (Å²) >= 11 is 0. The smallest absolute Gasteiger partial charge is 0.331 e. The maximum atomic E-state index is 12.5. The van der Waals surface area contributed by atoms with Crippen LogP contribution in [0.5, 0.6) is 11.5 Å². The SMILES string of the molecule is CN1C(=CC(=O)COC(=O)C=Cc2ccc3c(c2)OCO3)C(C)(C)c2ccccc21. The van der Waals surface area contributed by atoms with Crippen LogP contribution in [0.4, 0.5) is 5.69 Å². The number of rotatable bonds is 5. The average Bonchev–Trinajstić information content (AvgIpc) is 3.28. The van der Waals surface area contributed by atoms with Crippen LogP contribution in [0.2, 0.25) is 0 Å². The van der Waals surface area contributed by atoms with Crippen molar-refractivity contribution >= 4 is 23.5 Å². The quantitative estimate of drug-likeness (QED) is 0.556. The Bertz CT molecular complexity index is 1070. The van der Waals surface area contributed by atoms with Crippen molar-refractivity contribution in [1.82, 2.24) is 0 Å². The van der Waals surface area contributed by atoms with Crippen molar-refractivity contribution in [1.29, 1.82) is 0 Å². The van der Waals surface area contributed by atoms with E-state index in [0.29, 0.717) is 11.5 Å². The Morgan fingerprint density at radius 3 is 2.70 bits per heavy atom. The van der Waals surface area contributed by atoms with Gasteiger partial charge in [-0.05, 0) is 35.4 Å². The molecule has 0 bridgehead atoms. The Labute approximate surface area is 175 Å². The number of likely N-dealkylation sites (N-methyl/N-ethyl adjacent to an activating group) is 1. The number of nitrogens with zero attached hydrogens (tertiary/aromatic N) is 1.